The van der Waals surface area contributed by atoms with E-state index in [1.807, 2.05) is 80.5 Å². The summed E-state index contributed by atoms with van der Waals surface area (Å²) in [4.78, 5) is 22.3. The fraction of sp³-hybridized carbons (Fsp3) is 0.238. The summed E-state index contributed by atoms with van der Waals surface area (Å²) in [5, 5.41) is 3.59. The highest BCUT2D eigenvalue weighted by Crippen LogP contribution is 2.23. The number of benzene rings is 2. The van der Waals surface area contributed by atoms with Crippen LogP contribution in [0.1, 0.15) is 18.3 Å². The lowest BCUT2D eigenvalue weighted by Crippen LogP contribution is -2.39. The SMILES string of the molecule is Cc1c(Cl)cccc1NC(=O)[C@@H](C)N(C)Cc1ncc(-c2ccccc2)[nH]1. The Kier molecular flexibility index (Phi) is 5.94. The summed E-state index contributed by atoms with van der Waals surface area (Å²) in [5.41, 5.74) is 3.64. The molecule has 5 nitrogen and oxygen atoms in total. The molecule has 0 aliphatic heterocycles. The summed E-state index contributed by atoms with van der Waals surface area (Å²) < 4.78 is 0. The molecule has 0 aliphatic carbocycles. The van der Waals surface area contributed by atoms with E-state index in [9.17, 15) is 4.79 Å². The van der Waals surface area contributed by atoms with Gasteiger partial charge < -0.3 is 10.3 Å². The van der Waals surface area contributed by atoms with E-state index in [1.165, 1.54) is 0 Å². The van der Waals surface area contributed by atoms with Crippen molar-refractivity contribution in [2.45, 2.75) is 26.4 Å². The number of H-pyrrole nitrogens is 1. The smallest absolute Gasteiger partial charge is 0.241 e. The largest absolute Gasteiger partial charge is 0.341 e. The monoisotopic (exact) mass is 382 g/mol. The van der Waals surface area contributed by atoms with Crippen LogP contribution < -0.4 is 5.32 Å². The lowest BCUT2D eigenvalue weighted by molar-refractivity contribution is -0.120. The second-order valence-electron chi connectivity index (χ2n) is 6.60. The Bertz CT molecular complexity index is 923. The predicted molar refractivity (Wildman–Crippen MR) is 110 cm³/mol. The highest BCUT2D eigenvalue weighted by atomic mass is 35.5. The highest BCUT2D eigenvalue weighted by molar-refractivity contribution is 6.31. The highest BCUT2D eigenvalue weighted by Gasteiger charge is 2.20. The molecule has 140 valence electrons. The van der Waals surface area contributed by atoms with Crippen molar-refractivity contribution in [3.63, 3.8) is 0 Å². The molecule has 0 radical (unpaired) electrons. The van der Waals surface area contributed by atoms with Crippen molar-refractivity contribution in [1.82, 2.24) is 14.9 Å². The van der Waals surface area contributed by atoms with Gasteiger partial charge in [-0.15, -0.1) is 0 Å². The first-order valence-electron chi connectivity index (χ1n) is 8.81. The number of hydrogen-bond donors (Lipinski definition) is 2. The maximum Gasteiger partial charge on any atom is 0.241 e. The van der Waals surface area contributed by atoms with Gasteiger partial charge in [0.2, 0.25) is 5.91 Å². The molecule has 3 rings (SSSR count). The average Bonchev–Trinajstić information content (AvgIpc) is 3.14. The first-order valence-corrected chi connectivity index (χ1v) is 9.19. The van der Waals surface area contributed by atoms with Gasteiger partial charge >= 0.3 is 0 Å². The number of nitrogens with zero attached hydrogens (tertiary/aromatic N) is 2. The normalized spacial score (nSPS) is 12.2. The van der Waals surface area contributed by atoms with Gasteiger partial charge in [0, 0.05) is 10.7 Å². The van der Waals surface area contributed by atoms with Gasteiger partial charge in [-0.05, 0) is 44.2 Å². The third-order valence-corrected chi connectivity index (χ3v) is 5.09. The van der Waals surface area contributed by atoms with Gasteiger partial charge in [0.15, 0.2) is 0 Å². The topological polar surface area (TPSA) is 61.0 Å². The lowest BCUT2D eigenvalue weighted by atomic mass is 10.2. The van der Waals surface area contributed by atoms with E-state index in [4.69, 9.17) is 11.6 Å². The van der Waals surface area contributed by atoms with E-state index < -0.39 is 0 Å². The number of carbonyl (C=O) groups excluding carboxylic acids is 1. The Morgan fingerprint density at radius 1 is 1.22 bits per heavy atom. The molecule has 27 heavy (non-hydrogen) atoms. The van der Waals surface area contributed by atoms with E-state index in [2.05, 4.69) is 15.3 Å². The molecule has 1 heterocycles. The minimum absolute atomic E-state index is 0.0855. The molecule has 6 heteroatoms. The number of halogens is 1. The molecular weight excluding hydrogens is 360 g/mol. The van der Waals surface area contributed by atoms with Crippen LogP contribution in [0.5, 0.6) is 0 Å². The number of aromatic amines is 1. The number of amides is 1. The summed E-state index contributed by atoms with van der Waals surface area (Å²) >= 11 is 6.13. The van der Waals surface area contributed by atoms with Crippen molar-refractivity contribution in [2.24, 2.45) is 0 Å². The van der Waals surface area contributed by atoms with Gasteiger partial charge in [-0.3, -0.25) is 9.69 Å². The van der Waals surface area contributed by atoms with Gasteiger partial charge in [0.25, 0.3) is 0 Å². The van der Waals surface area contributed by atoms with Crippen LogP contribution in [0.4, 0.5) is 5.69 Å². The van der Waals surface area contributed by atoms with E-state index in [0.717, 1.165) is 28.3 Å². The molecule has 1 atom stereocenters. The summed E-state index contributed by atoms with van der Waals surface area (Å²) in [5.74, 6) is 0.729. The van der Waals surface area contributed by atoms with Crippen molar-refractivity contribution >= 4 is 23.2 Å². The average molecular weight is 383 g/mol. The standard InChI is InChI=1S/C21H23ClN4O/c1-14-17(22)10-7-11-18(14)25-21(27)15(2)26(3)13-20-23-12-19(24-20)16-8-5-4-6-9-16/h4-12,15H,13H2,1-3H3,(H,23,24)(H,25,27)/t15-/m1/s1. The Morgan fingerprint density at radius 2 is 1.96 bits per heavy atom. The molecule has 0 bridgehead atoms. The Hall–Kier alpha value is -2.63. The first-order chi connectivity index (χ1) is 13.0. The van der Waals surface area contributed by atoms with Gasteiger partial charge in [-0.2, -0.15) is 0 Å². The molecule has 2 aromatic carbocycles. The van der Waals surface area contributed by atoms with Crippen LogP contribution in [0.2, 0.25) is 5.02 Å². The Labute approximate surface area is 164 Å². The molecule has 2 N–H and O–H groups in total. The zero-order chi connectivity index (χ0) is 19.4. The van der Waals surface area contributed by atoms with E-state index >= 15 is 0 Å². The summed E-state index contributed by atoms with van der Waals surface area (Å²) in [6.45, 7) is 4.30. The van der Waals surface area contributed by atoms with Crippen LogP contribution in [0.15, 0.2) is 54.7 Å². The zero-order valence-electron chi connectivity index (χ0n) is 15.7. The Morgan fingerprint density at radius 3 is 2.70 bits per heavy atom. The number of hydrogen-bond acceptors (Lipinski definition) is 3. The number of likely N-dealkylation sites (N-methyl/N-ethyl adjacent to an activating group) is 1. The quantitative estimate of drug-likeness (QED) is 0.660. The third-order valence-electron chi connectivity index (χ3n) is 4.68. The van der Waals surface area contributed by atoms with Crippen LogP contribution in [0, 0.1) is 6.92 Å². The van der Waals surface area contributed by atoms with Crippen molar-refractivity contribution in [2.75, 3.05) is 12.4 Å². The number of imidazole rings is 1. The Balaban J connectivity index is 1.63. The molecule has 3 aromatic rings. The number of anilines is 1. The fourth-order valence-corrected chi connectivity index (χ4v) is 2.94. The van der Waals surface area contributed by atoms with Crippen LogP contribution in [0.3, 0.4) is 0 Å². The van der Waals surface area contributed by atoms with Crippen LogP contribution in [-0.4, -0.2) is 33.9 Å². The zero-order valence-corrected chi connectivity index (χ0v) is 16.4. The second kappa shape index (κ2) is 8.37. The molecule has 0 spiro atoms. The van der Waals surface area contributed by atoms with Crippen molar-refractivity contribution in [1.29, 1.82) is 0 Å². The van der Waals surface area contributed by atoms with Gasteiger partial charge in [-0.1, -0.05) is 48.0 Å². The lowest BCUT2D eigenvalue weighted by Gasteiger charge is -2.23. The third kappa shape index (κ3) is 4.56. The van der Waals surface area contributed by atoms with Crippen molar-refractivity contribution in [3.8, 4) is 11.3 Å². The summed E-state index contributed by atoms with van der Waals surface area (Å²) in [6, 6.07) is 15.2. The summed E-state index contributed by atoms with van der Waals surface area (Å²) in [6.07, 6.45) is 1.82. The first kappa shape index (κ1) is 19.1. The number of aromatic nitrogens is 2. The summed E-state index contributed by atoms with van der Waals surface area (Å²) in [7, 11) is 1.90. The maximum absolute atomic E-state index is 12.6. The number of carbonyl (C=O) groups is 1. The molecule has 0 fully saturated rings. The molecular formula is C21H23ClN4O. The van der Waals surface area contributed by atoms with Crippen LogP contribution in [-0.2, 0) is 11.3 Å². The number of nitrogens with one attached hydrogen (secondary N) is 2. The van der Waals surface area contributed by atoms with E-state index in [0.29, 0.717) is 11.6 Å². The van der Waals surface area contributed by atoms with Gasteiger partial charge in [-0.25, -0.2) is 4.98 Å². The predicted octanol–water partition coefficient (Wildman–Crippen LogP) is 4.50. The molecule has 0 saturated heterocycles. The van der Waals surface area contributed by atoms with E-state index in [1.54, 1.807) is 0 Å². The van der Waals surface area contributed by atoms with E-state index in [-0.39, 0.29) is 11.9 Å². The molecule has 1 amide bonds. The minimum atomic E-state index is -0.325. The van der Waals surface area contributed by atoms with Gasteiger partial charge in [0.05, 0.1) is 24.5 Å². The molecule has 0 saturated carbocycles. The molecule has 1 aromatic heterocycles. The number of rotatable bonds is 6. The van der Waals surface area contributed by atoms with Crippen LogP contribution >= 0.6 is 11.6 Å². The second-order valence-corrected chi connectivity index (χ2v) is 7.01. The van der Waals surface area contributed by atoms with Crippen molar-refractivity contribution < 1.29 is 4.79 Å². The molecule has 0 unspecified atom stereocenters. The van der Waals surface area contributed by atoms with Crippen LogP contribution in [0.25, 0.3) is 11.3 Å². The molecule has 0 aliphatic rings. The fourth-order valence-electron chi connectivity index (χ4n) is 2.76. The minimum Gasteiger partial charge on any atom is -0.341 e. The maximum atomic E-state index is 12.6. The van der Waals surface area contributed by atoms with Crippen molar-refractivity contribution in [3.05, 3.63) is 71.1 Å². The van der Waals surface area contributed by atoms with Gasteiger partial charge in [0.1, 0.15) is 5.82 Å².